The largest absolute Gasteiger partial charge is 0.372 e. The normalized spacial score (nSPS) is 10.5. The summed E-state index contributed by atoms with van der Waals surface area (Å²) < 4.78 is 0. The van der Waals surface area contributed by atoms with Crippen LogP contribution in [-0.4, -0.2) is 33.9 Å². The van der Waals surface area contributed by atoms with Crippen molar-refractivity contribution in [3.63, 3.8) is 0 Å². The third-order valence-electron chi connectivity index (χ3n) is 4.11. The second-order valence-corrected chi connectivity index (χ2v) is 6.72. The molecule has 3 rings (SSSR count). The van der Waals surface area contributed by atoms with E-state index >= 15 is 0 Å². The number of amides is 1. The van der Waals surface area contributed by atoms with Crippen molar-refractivity contribution in [3.05, 3.63) is 53.3 Å². The number of aryl methyl sites for hydroxylation is 1. The fourth-order valence-electron chi connectivity index (χ4n) is 2.65. The first-order valence-corrected chi connectivity index (χ1v) is 9.65. The number of benzene rings is 1. The van der Waals surface area contributed by atoms with Crippen LogP contribution in [0.5, 0.6) is 0 Å². The summed E-state index contributed by atoms with van der Waals surface area (Å²) in [5, 5.41) is 8.20. The van der Waals surface area contributed by atoms with E-state index in [1.807, 2.05) is 19.1 Å². The van der Waals surface area contributed by atoms with Crippen molar-refractivity contribution < 1.29 is 4.79 Å². The molecule has 140 valence electrons. The summed E-state index contributed by atoms with van der Waals surface area (Å²) in [5.41, 5.74) is 3.30. The molecule has 0 aliphatic heterocycles. The Morgan fingerprint density at radius 2 is 1.93 bits per heavy atom. The summed E-state index contributed by atoms with van der Waals surface area (Å²) in [4.78, 5) is 27.3. The molecular weight excluding hydrogens is 360 g/mol. The van der Waals surface area contributed by atoms with Crippen LogP contribution in [0.2, 0.25) is 0 Å². The van der Waals surface area contributed by atoms with Gasteiger partial charge in [-0.15, -0.1) is 11.3 Å². The number of nitrogens with one attached hydrogen (secondary N) is 2. The molecule has 27 heavy (non-hydrogen) atoms. The Balaban J connectivity index is 1.69. The zero-order valence-electron chi connectivity index (χ0n) is 15.6. The van der Waals surface area contributed by atoms with E-state index in [9.17, 15) is 4.79 Å². The zero-order chi connectivity index (χ0) is 19.2. The second kappa shape index (κ2) is 8.59. The van der Waals surface area contributed by atoms with Crippen LogP contribution in [0.3, 0.4) is 0 Å². The Morgan fingerprint density at radius 3 is 2.59 bits per heavy atom. The molecule has 1 aromatic carbocycles. The highest BCUT2D eigenvalue weighted by Gasteiger charge is 2.13. The van der Waals surface area contributed by atoms with Crippen molar-refractivity contribution in [2.45, 2.75) is 20.8 Å². The van der Waals surface area contributed by atoms with Gasteiger partial charge in [0, 0.05) is 42.2 Å². The number of carbonyl (C=O) groups is 1. The summed E-state index contributed by atoms with van der Waals surface area (Å²) in [6.45, 7) is 8.14. The number of rotatable bonds is 7. The molecule has 0 atom stereocenters. The van der Waals surface area contributed by atoms with Crippen LogP contribution in [0.4, 0.5) is 22.5 Å². The third-order valence-corrected chi connectivity index (χ3v) is 4.87. The first kappa shape index (κ1) is 18.8. The van der Waals surface area contributed by atoms with Gasteiger partial charge in [-0.1, -0.05) is 0 Å². The van der Waals surface area contributed by atoms with Crippen molar-refractivity contribution in [2.75, 3.05) is 28.6 Å². The Hall–Kier alpha value is -3.00. The lowest BCUT2D eigenvalue weighted by Crippen LogP contribution is -2.22. The van der Waals surface area contributed by atoms with E-state index in [-0.39, 0.29) is 5.91 Å². The van der Waals surface area contributed by atoms with Gasteiger partial charge in [0.05, 0.1) is 0 Å². The summed E-state index contributed by atoms with van der Waals surface area (Å²) in [7, 11) is 0. The number of anilines is 4. The molecule has 0 radical (unpaired) electrons. The number of thiazole rings is 1. The maximum Gasteiger partial charge on any atom is 0.275 e. The van der Waals surface area contributed by atoms with Gasteiger partial charge in [-0.2, -0.15) is 0 Å². The molecule has 0 saturated carbocycles. The lowest BCUT2D eigenvalue weighted by molar-refractivity contribution is 0.102. The molecule has 0 fully saturated rings. The molecule has 8 heteroatoms. The molecule has 7 nitrogen and oxygen atoms in total. The van der Waals surface area contributed by atoms with Crippen molar-refractivity contribution in [3.8, 4) is 0 Å². The van der Waals surface area contributed by atoms with Gasteiger partial charge in [-0.25, -0.2) is 15.0 Å². The van der Waals surface area contributed by atoms with Gasteiger partial charge in [0.15, 0.2) is 5.13 Å². The Kier molecular flexibility index (Phi) is 5.97. The van der Waals surface area contributed by atoms with Crippen LogP contribution < -0.4 is 15.5 Å². The zero-order valence-corrected chi connectivity index (χ0v) is 16.4. The first-order chi connectivity index (χ1) is 13.1. The molecule has 0 aliphatic rings. The molecule has 0 spiro atoms. The van der Waals surface area contributed by atoms with Crippen LogP contribution >= 0.6 is 11.3 Å². The molecule has 2 aromatic heterocycles. The first-order valence-electron chi connectivity index (χ1n) is 8.77. The van der Waals surface area contributed by atoms with E-state index < -0.39 is 0 Å². The van der Waals surface area contributed by atoms with E-state index in [2.05, 4.69) is 50.4 Å². The van der Waals surface area contributed by atoms with Gasteiger partial charge in [0.2, 0.25) is 5.95 Å². The van der Waals surface area contributed by atoms with Crippen molar-refractivity contribution in [2.24, 2.45) is 0 Å². The summed E-state index contributed by atoms with van der Waals surface area (Å²) in [5.74, 6) is 0.202. The van der Waals surface area contributed by atoms with Crippen molar-refractivity contribution in [1.82, 2.24) is 15.0 Å². The van der Waals surface area contributed by atoms with Crippen LogP contribution in [-0.2, 0) is 0 Å². The Bertz CT molecular complexity index is 908. The Morgan fingerprint density at radius 1 is 1.19 bits per heavy atom. The van der Waals surface area contributed by atoms with Gasteiger partial charge < -0.3 is 15.5 Å². The fourth-order valence-corrected chi connectivity index (χ4v) is 3.34. The fraction of sp³-hybridized carbons (Fsp3) is 0.263. The van der Waals surface area contributed by atoms with Crippen LogP contribution in [0.1, 0.15) is 29.9 Å². The van der Waals surface area contributed by atoms with E-state index in [1.165, 1.54) is 11.3 Å². The summed E-state index contributed by atoms with van der Waals surface area (Å²) in [6.07, 6.45) is 3.28. The smallest absolute Gasteiger partial charge is 0.275 e. The lowest BCUT2D eigenvalue weighted by atomic mass is 10.1. The van der Waals surface area contributed by atoms with E-state index in [1.54, 1.807) is 23.8 Å². The minimum absolute atomic E-state index is 0.244. The molecule has 3 aromatic rings. The van der Waals surface area contributed by atoms with Gasteiger partial charge in [0.25, 0.3) is 5.91 Å². The van der Waals surface area contributed by atoms with E-state index in [4.69, 9.17) is 0 Å². The quantitative estimate of drug-likeness (QED) is 0.640. The van der Waals surface area contributed by atoms with Crippen molar-refractivity contribution >= 4 is 39.7 Å². The summed E-state index contributed by atoms with van der Waals surface area (Å²) >= 11 is 1.33. The Labute approximate surface area is 162 Å². The van der Waals surface area contributed by atoms with Gasteiger partial charge >= 0.3 is 0 Å². The highest BCUT2D eigenvalue weighted by molar-refractivity contribution is 7.14. The minimum Gasteiger partial charge on any atom is -0.372 e. The number of hydrogen-bond donors (Lipinski definition) is 2. The lowest BCUT2D eigenvalue weighted by Gasteiger charge is -2.22. The molecule has 2 heterocycles. The number of nitrogens with zero attached hydrogens (tertiary/aromatic N) is 4. The molecule has 1 amide bonds. The van der Waals surface area contributed by atoms with Gasteiger partial charge in [-0.3, -0.25) is 4.79 Å². The van der Waals surface area contributed by atoms with Gasteiger partial charge in [-0.05, 0) is 50.6 Å². The molecule has 0 saturated heterocycles. The molecule has 0 unspecified atom stereocenters. The predicted octanol–water partition coefficient (Wildman–Crippen LogP) is 4.08. The predicted molar refractivity (Wildman–Crippen MR) is 110 cm³/mol. The van der Waals surface area contributed by atoms with Gasteiger partial charge in [0.1, 0.15) is 5.69 Å². The topological polar surface area (TPSA) is 83.0 Å². The second-order valence-electron chi connectivity index (χ2n) is 5.86. The minimum atomic E-state index is -0.244. The van der Waals surface area contributed by atoms with E-state index in [0.717, 1.165) is 30.0 Å². The van der Waals surface area contributed by atoms with Crippen molar-refractivity contribution in [1.29, 1.82) is 0 Å². The average molecular weight is 382 g/mol. The molecular formula is C19H22N6OS. The number of hydrogen-bond acceptors (Lipinski definition) is 7. The standard InChI is InChI=1S/C19H22N6OS/c1-4-25(5-2)14-7-8-15(13(3)11-14)22-17(26)16-12-27-19(23-16)24-18-20-9-6-10-21-18/h6-12H,4-5H2,1-3H3,(H,22,26)(H,20,21,23,24). The van der Waals surface area contributed by atoms with Crippen LogP contribution in [0.15, 0.2) is 42.0 Å². The van der Waals surface area contributed by atoms with Crippen LogP contribution in [0.25, 0.3) is 0 Å². The third kappa shape index (κ3) is 4.59. The summed E-state index contributed by atoms with van der Waals surface area (Å²) in [6, 6.07) is 7.78. The monoisotopic (exact) mass is 382 g/mol. The highest BCUT2D eigenvalue weighted by Crippen LogP contribution is 2.24. The number of aromatic nitrogens is 3. The highest BCUT2D eigenvalue weighted by atomic mass is 32.1. The number of carbonyl (C=O) groups excluding carboxylic acids is 1. The molecule has 2 N–H and O–H groups in total. The maximum absolute atomic E-state index is 12.5. The maximum atomic E-state index is 12.5. The SMILES string of the molecule is CCN(CC)c1ccc(NC(=O)c2csc(Nc3ncccn3)n2)c(C)c1. The molecule has 0 aliphatic carbocycles. The van der Waals surface area contributed by atoms with E-state index in [0.29, 0.717) is 16.8 Å². The average Bonchev–Trinajstić information content (AvgIpc) is 3.14. The van der Waals surface area contributed by atoms with Crippen LogP contribution in [0, 0.1) is 6.92 Å². The molecule has 0 bridgehead atoms.